The quantitative estimate of drug-likeness (QED) is 0.625. The molecule has 0 bridgehead atoms. The molecule has 1 aromatic carbocycles. The molecule has 2 aromatic heterocycles. The van der Waals surface area contributed by atoms with E-state index >= 15 is 0 Å². The Morgan fingerprint density at radius 2 is 2.07 bits per heavy atom. The Kier molecular flexibility index (Phi) is 4.99. The number of nitrogens with zero attached hydrogens (tertiary/aromatic N) is 3. The number of para-hydroxylation sites is 1. The van der Waals surface area contributed by atoms with Gasteiger partial charge in [-0.25, -0.2) is 9.78 Å². The number of aromatic nitrogens is 1. The van der Waals surface area contributed by atoms with Crippen LogP contribution in [-0.2, 0) is 23.2 Å². The van der Waals surface area contributed by atoms with Gasteiger partial charge in [0, 0.05) is 37.3 Å². The summed E-state index contributed by atoms with van der Waals surface area (Å²) in [6.07, 6.45) is 0.451. The lowest BCUT2D eigenvalue weighted by molar-refractivity contribution is 0.102. The molecule has 11 heteroatoms. The summed E-state index contributed by atoms with van der Waals surface area (Å²) in [5, 5.41) is 3.58. The number of nitrogens with one attached hydrogen (secondary N) is 1. The van der Waals surface area contributed by atoms with Crippen molar-refractivity contribution in [3.63, 3.8) is 0 Å². The van der Waals surface area contributed by atoms with Gasteiger partial charge in [-0.15, -0.1) is 11.3 Å². The normalized spacial score (nSPS) is 14.9. The summed E-state index contributed by atoms with van der Waals surface area (Å²) in [6, 6.07) is 8.41. The largest absolute Gasteiger partial charge is 0.422 e. The third-order valence-corrected chi connectivity index (χ3v) is 7.48. The maximum absolute atomic E-state index is 12.6. The van der Waals surface area contributed by atoms with Gasteiger partial charge in [0.2, 0.25) is 0 Å². The van der Waals surface area contributed by atoms with E-state index in [1.165, 1.54) is 40.1 Å². The number of thiazole rings is 1. The van der Waals surface area contributed by atoms with Gasteiger partial charge in [0.05, 0.1) is 12.2 Å². The van der Waals surface area contributed by atoms with E-state index in [0.717, 1.165) is 10.6 Å². The van der Waals surface area contributed by atoms with Gasteiger partial charge in [-0.05, 0) is 12.1 Å². The molecule has 0 saturated carbocycles. The predicted molar refractivity (Wildman–Crippen MR) is 109 cm³/mol. The van der Waals surface area contributed by atoms with Crippen LogP contribution in [0.25, 0.3) is 11.0 Å². The van der Waals surface area contributed by atoms with E-state index in [1.807, 2.05) is 0 Å². The topological polar surface area (TPSA) is 113 Å². The SMILES string of the molecule is CN(C)S(=O)(=O)N1CCc2nc(NC(=O)c3cc4ccccc4oc3=O)sc2C1. The van der Waals surface area contributed by atoms with Crippen molar-refractivity contribution in [1.82, 2.24) is 13.6 Å². The molecule has 1 aliphatic heterocycles. The first-order valence-corrected chi connectivity index (χ1v) is 11.0. The molecule has 0 radical (unpaired) electrons. The average molecular weight is 434 g/mol. The lowest BCUT2D eigenvalue weighted by Gasteiger charge is -2.27. The number of amides is 1. The molecule has 0 saturated heterocycles. The number of anilines is 1. The van der Waals surface area contributed by atoms with E-state index in [0.29, 0.717) is 29.1 Å². The van der Waals surface area contributed by atoms with E-state index in [9.17, 15) is 18.0 Å². The highest BCUT2D eigenvalue weighted by Gasteiger charge is 2.30. The van der Waals surface area contributed by atoms with E-state index in [4.69, 9.17) is 4.42 Å². The van der Waals surface area contributed by atoms with Crippen LogP contribution in [0.1, 0.15) is 20.9 Å². The van der Waals surface area contributed by atoms with Crippen molar-refractivity contribution in [2.24, 2.45) is 0 Å². The number of fused-ring (bicyclic) bond motifs is 2. The molecule has 0 atom stereocenters. The zero-order valence-corrected chi connectivity index (χ0v) is 17.3. The molecule has 9 nitrogen and oxygen atoms in total. The predicted octanol–water partition coefficient (Wildman–Crippen LogP) is 1.67. The first-order chi connectivity index (χ1) is 13.8. The van der Waals surface area contributed by atoms with Crippen molar-refractivity contribution in [3.05, 3.63) is 56.9 Å². The molecule has 4 rings (SSSR count). The fourth-order valence-corrected chi connectivity index (χ4v) is 5.21. The van der Waals surface area contributed by atoms with E-state index in [1.54, 1.807) is 24.3 Å². The minimum absolute atomic E-state index is 0.117. The second kappa shape index (κ2) is 7.34. The molecule has 0 fully saturated rings. The molecule has 1 amide bonds. The van der Waals surface area contributed by atoms with Crippen molar-refractivity contribution in [1.29, 1.82) is 0 Å². The smallest absolute Gasteiger partial charge is 0.349 e. The Morgan fingerprint density at radius 3 is 2.83 bits per heavy atom. The molecule has 0 aliphatic carbocycles. The highest BCUT2D eigenvalue weighted by Crippen LogP contribution is 2.30. The van der Waals surface area contributed by atoms with Gasteiger partial charge in [0.25, 0.3) is 16.1 Å². The number of hydrogen-bond donors (Lipinski definition) is 1. The van der Waals surface area contributed by atoms with E-state index in [2.05, 4.69) is 10.3 Å². The molecular formula is C18H18N4O5S2. The number of benzene rings is 1. The highest BCUT2D eigenvalue weighted by molar-refractivity contribution is 7.86. The Morgan fingerprint density at radius 1 is 1.31 bits per heavy atom. The third kappa shape index (κ3) is 3.69. The first-order valence-electron chi connectivity index (χ1n) is 8.76. The van der Waals surface area contributed by atoms with Gasteiger partial charge in [-0.1, -0.05) is 18.2 Å². The summed E-state index contributed by atoms with van der Waals surface area (Å²) < 4.78 is 32.4. The number of rotatable bonds is 4. The highest BCUT2D eigenvalue weighted by atomic mass is 32.2. The second-order valence-corrected chi connectivity index (χ2v) is 9.93. The van der Waals surface area contributed by atoms with Crippen LogP contribution in [0, 0.1) is 0 Å². The molecule has 1 N–H and O–H groups in total. The van der Waals surface area contributed by atoms with Gasteiger partial charge in [0.1, 0.15) is 11.1 Å². The minimum Gasteiger partial charge on any atom is -0.422 e. The van der Waals surface area contributed by atoms with Gasteiger partial charge >= 0.3 is 5.63 Å². The molecule has 29 heavy (non-hydrogen) atoms. The summed E-state index contributed by atoms with van der Waals surface area (Å²) in [5.41, 5.74) is 0.307. The zero-order chi connectivity index (χ0) is 20.8. The lowest BCUT2D eigenvalue weighted by Crippen LogP contribution is -2.42. The van der Waals surface area contributed by atoms with Crippen molar-refractivity contribution < 1.29 is 17.6 Å². The molecule has 0 spiro atoms. The van der Waals surface area contributed by atoms with Crippen molar-refractivity contribution in [3.8, 4) is 0 Å². The van der Waals surface area contributed by atoms with Crippen LogP contribution in [-0.4, -0.2) is 48.6 Å². The molecule has 152 valence electrons. The average Bonchev–Trinajstić information content (AvgIpc) is 3.08. The summed E-state index contributed by atoms with van der Waals surface area (Å²) in [4.78, 5) is 29.9. The van der Waals surface area contributed by atoms with Gasteiger partial charge in [0.15, 0.2) is 5.13 Å². The minimum atomic E-state index is -3.52. The van der Waals surface area contributed by atoms with Gasteiger partial charge in [-0.2, -0.15) is 17.0 Å². The van der Waals surface area contributed by atoms with E-state index in [-0.39, 0.29) is 12.1 Å². The summed E-state index contributed by atoms with van der Waals surface area (Å²) in [5.74, 6) is -0.617. The Balaban J connectivity index is 1.56. The first kappa shape index (κ1) is 19.7. The fraction of sp³-hybridized carbons (Fsp3) is 0.278. The van der Waals surface area contributed by atoms with Crippen molar-refractivity contribution in [2.45, 2.75) is 13.0 Å². The van der Waals surface area contributed by atoms with Crippen LogP contribution < -0.4 is 10.9 Å². The monoisotopic (exact) mass is 434 g/mol. The van der Waals surface area contributed by atoms with Crippen LogP contribution in [0.15, 0.2) is 39.5 Å². The molecular weight excluding hydrogens is 416 g/mol. The van der Waals surface area contributed by atoms with Crippen molar-refractivity contribution in [2.75, 3.05) is 26.0 Å². The number of carbonyl (C=O) groups is 1. The summed E-state index contributed by atoms with van der Waals surface area (Å²) >= 11 is 1.20. The lowest BCUT2D eigenvalue weighted by atomic mass is 10.2. The molecule has 3 heterocycles. The second-order valence-electron chi connectivity index (χ2n) is 6.70. The molecule has 3 aromatic rings. The summed E-state index contributed by atoms with van der Waals surface area (Å²) in [7, 11) is -0.553. The zero-order valence-electron chi connectivity index (χ0n) is 15.7. The molecule has 0 unspecified atom stereocenters. The maximum Gasteiger partial charge on any atom is 0.349 e. The Labute approximate surface area is 170 Å². The van der Waals surface area contributed by atoms with Crippen LogP contribution in [0.4, 0.5) is 5.13 Å². The van der Waals surface area contributed by atoms with Crippen LogP contribution in [0.5, 0.6) is 0 Å². The molecule has 1 aliphatic rings. The Hall–Kier alpha value is -2.60. The van der Waals surface area contributed by atoms with Crippen LogP contribution in [0.3, 0.4) is 0 Å². The number of carbonyl (C=O) groups excluding carboxylic acids is 1. The fourth-order valence-electron chi connectivity index (χ4n) is 3.04. The summed E-state index contributed by atoms with van der Waals surface area (Å²) in [6.45, 7) is 0.514. The third-order valence-electron chi connectivity index (χ3n) is 4.59. The van der Waals surface area contributed by atoms with Gasteiger partial charge < -0.3 is 4.42 Å². The maximum atomic E-state index is 12.6. The van der Waals surface area contributed by atoms with Crippen LogP contribution >= 0.6 is 11.3 Å². The standard InChI is InChI=1S/C18H18N4O5S2/c1-21(2)29(25,26)22-8-7-13-15(10-22)28-18(19-13)20-16(23)12-9-11-5-3-4-6-14(11)27-17(12)24/h3-6,9H,7-8,10H2,1-2H3,(H,19,20,23). The van der Waals surface area contributed by atoms with E-state index < -0.39 is 21.7 Å². The van der Waals surface area contributed by atoms with Crippen molar-refractivity contribution >= 4 is 43.6 Å². The number of hydrogen-bond acceptors (Lipinski definition) is 7. The Bertz CT molecular complexity index is 1260. The van der Waals surface area contributed by atoms with Crippen LogP contribution in [0.2, 0.25) is 0 Å². The van der Waals surface area contributed by atoms with Gasteiger partial charge in [-0.3, -0.25) is 10.1 Å².